The number of hydrogen-bond acceptors (Lipinski definition) is 4. The fourth-order valence-electron chi connectivity index (χ4n) is 4.91. The predicted octanol–water partition coefficient (Wildman–Crippen LogP) is 6.62. The second kappa shape index (κ2) is 15.9. The van der Waals surface area contributed by atoms with Gasteiger partial charge in [-0.25, -0.2) is 8.42 Å². The number of aryl methyl sites for hydroxylation is 1. The van der Waals surface area contributed by atoms with Crippen LogP contribution in [0.15, 0.2) is 119 Å². The van der Waals surface area contributed by atoms with Gasteiger partial charge in [-0.1, -0.05) is 109 Å². The lowest BCUT2D eigenvalue weighted by Crippen LogP contribution is -2.53. The molecular weight excluding hydrogens is 650 g/mol. The molecule has 0 radical (unpaired) electrons. The van der Waals surface area contributed by atoms with Crippen molar-refractivity contribution in [3.05, 3.63) is 130 Å². The number of carbonyl (C=O) groups excluding carboxylic acids is 2. The molecule has 0 saturated heterocycles. The Kier molecular flexibility index (Phi) is 12.0. The molecule has 0 aliphatic carbocycles. The van der Waals surface area contributed by atoms with Gasteiger partial charge in [-0.15, -0.1) is 0 Å². The van der Waals surface area contributed by atoms with E-state index in [4.69, 9.17) is 0 Å². The molecule has 1 unspecified atom stereocenters. The second-order valence-electron chi connectivity index (χ2n) is 11.3. The third kappa shape index (κ3) is 9.28. The Labute approximate surface area is 275 Å². The fraction of sp³-hybridized carbons (Fsp3) is 0.278. The second-order valence-corrected chi connectivity index (χ2v) is 14.1. The van der Waals surface area contributed by atoms with Gasteiger partial charge in [0.1, 0.15) is 12.6 Å². The van der Waals surface area contributed by atoms with E-state index in [9.17, 15) is 18.0 Å². The molecule has 4 rings (SSSR count). The minimum atomic E-state index is -4.13. The highest BCUT2D eigenvalue weighted by molar-refractivity contribution is 9.10. The SMILES string of the molecule is CCc1ccc(N(CC(=O)N(Cc2ccc(Br)cc2)C(Cc2ccccc2)C(=O)NCC(C)C)S(=O)(=O)c2ccccc2)cc1. The van der Waals surface area contributed by atoms with Crippen molar-refractivity contribution in [1.29, 1.82) is 0 Å². The summed E-state index contributed by atoms with van der Waals surface area (Å²) < 4.78 is 30.2. The van der Waals surface area contributed by atoms with Crippen LogP contribution >= 0.6 is 15.9 Å². The molecule has 0 aliphatic heterocycles. The normalized spacial score (nSPS) is 12.0. The summed E-state index contributed by atoms with van der Waals surface area (Å²) in [7, 11) is -4.13. The highest BCUT2D eigenvalue weighted by Crippen LogP contribution is 2.26. The van der Waals surface area contributed by atoms with Crippen LogP contribution in [-0.4, -0.2) is 44.3 Å². The highest BCUT2D eigenvalue weighted by Gasteiger charge is 2.34. The van der Waals surface area contributed by atoms with Crippen LogP contribution in [0.4, 0.5) is 5.69 Å². The van der Waals surface area contributed by atoms with Crippen LogP contribution in [0.25, 0.3) is 0 Å². The van der Waals surface area contributed by atoms with E-state index in [1.165, 1.54) is 17.0 Å². The van der Waals surface area contributed by atoms with E-state index < -0.39 is 28.5 Å². The molecule has 0 fully saturated rings. The van der Waals surface area contributed by atoms with Crippen LogP contribution < -0.4 is 9.62 Å². The first-order valence-electron chi connectivity index (χ1n) is 15.1. The predicted molar refractivity (Wildman–Crippen MR) is 183 cm³/mol. The number of nitrogens with one attached hydrogen (secondary N) is 1. The largest absolute Gasteiger partial charge is 0.354 e. The van der Waals surface area contributed by atoms with Crippen LogP contribution in [0.2, 0.25) is 0 Å². The quantitative estimate of drug-likeness (QED) is 0.161. The van der Waals surface area contributed by atoms with Crippen LogP contribution in [0.1, 0.15) is 37.5 Å². The Bertz CT molecular complexity index is 1650. The van der Waals surface area contributed by atoms with Gasteiger partial charge < -0.3 is 10.2 Å². The maximum Gasteiger partial charge on any atom is 0.264 e. The molecule has 0 spiro atoms. The van der Waals surface area contributed by atoms with Crippen molar-refractivity contribution in [2.24, 2.45) is 5.92 Å². The van der Waals surface area contributed by atoms with Crippen molar-refractivity contribution < 1.29 is 18.0 Å². The van der Waals surface area contributed by atoms with Gasteiger partial charge in [0.25, 0.3) is 10.0 Å². The number of benzene rings is 4. The molecule has 7 nitrogen and oxygen atoms in total. The van der Waals surface area contributed by atoms with Crippen LogP contribution in [0.5, 0.6) is 0 Å². The third-order valence-corrected chi connectivity index (χ3v) is 9.78. The summed E-state index contributed by atoms with van der Waals surface area (Å²) in [5, 5.41) is 3.01. The average molecular weight is 691 g/mol. The van der Waals surface area contributed by atoms with Crippen molar-refractivity contribution in [3.8, 4) is 0 Å². The van der Waals surface area contributed by atoms with Gasteiger partial charge in [-0.2, -0.15) is 0 Å². The lowest BCUT2D eigenvalue weighted by molar-refractivity contribution is -0.140. The number of amides is 2. The number of halogens is 1. The zero-order valence-corrected chi connectivity index (χ0v) is 28.3. The number of nitrogens with zero attached hydrogens (tertiary/aromatic N) is 2. The summed E-state index contributed by atoms with van der Waals surface area (Å²) in [4.78, 5) is 29.9. The molecule has 1 N–H and O–H groups in total. The van der Waals surface area contributed by atoms with Gasteiger partial charge in [-0.3, -0.25) is 13.9 Å². The molecule has 45 heavy (non-hydrogen) atoms. The summed E-state index contributed by atoms with van der Waals surface area (Å²) >= 11 is 3.47. The van der Waals surface area contributed by atoms with Crippen molar-refractivity contribution in [3.63, 3.8) is 0 Å². The molecule has 0 bridgehead atoms. The zero-order chi connectivity index (χ0) is 32.4. The minimum Gasteiger partial charge on any atom is -0.354 e. The van der Waals surface area contributed by atoms with Gasteiger partial charge in [0.15, 0.2) is 0 Å². The third-order valence-electron chi connectivity index (χ3n) is 7.46. The maximum absolute atomic E-state index is 14.5. The van der Waals surface area contributed by atoms with Crippen LogP contribution in [-0.2, 0) is 39.0 Å². The van der Waals surface area contributed by atoms with E-state index in [1.807, 2.05) is 87.5 Å². The van der Waals surface area contributed by atoms with E-state index in [0.29, 0.717) is 12.2 Å². The zero-order valence-electron chi connectivity index (χ0n) is 25.9. The summed E-state index contributed by atoms with van der Waals surface area (Å²) in [6.45, 7) is 6.12. The first-order chi connectivity index (χ1) is 21.6. The van der Waals surface area contributed by atoms with Crippen LogP contribution in [0, 0.1) is 5.92 Å². The summed E-state index contributed by atoms with van der Waals surface area (Å²) in [5.74, 6) is -0.569. The number of sulfonamides is 1. The monoisotopic (exact) mass is 689 g/mol. The minimum absolute atomic E-state index is 0.0762. The molecule has 0 saturated carbocycles. The van der Waals surface area contributed by atoms with Gasteiger partial charge in [0.2, 0.25) is 11.8 Å². The number of hydrogen-bond donors (Lipinski definition) is 1. The fourth-order valence-corrected chi connectivity index (χ4v) is 6.61. The molecule has 236 valence electrons. The van der Waals surface area contributed by atoms with E-state index >= 15 is 0 Å². The summed E-state index contributed by atoms with van der Waals surface area (Å²) in [6, 6.07) is 31.5. The molecular formula is C36H40BrN3O4S. The molecule has 1 atom stereocenters. The van der Waals surface area contributed by atoms with Crippen molar-refractivity contribution in [2.75, 3.05) is 17.4 Å². The van der Waals surface area contributed by atoms with Gasteiger partial charge in [0.05, 0.1) is 10.6 Å². The van der Waals surface area contributed by atoms with E-state index in [0.717, 1.165) is 31.9 Å². The van der Waals surface area contributed by atoms with Crippen LogP contribution in [0.3, 0.4) is 0 Å². The van der Waals surface area contributed by atoms with E-state index in [1.54, 1.807) is 30.3 Å². The van der Waals surface area contributed by atoms with Crippen molar-refractivity contribution >= 4 is 43.5 Å². The number of rotatable bonds is 14. The average Bonchev–Trinajstić information content (AvgIpc) is 3.05. The van der Waals surface area contributed by atoms with Gasteiger partial charge in [0, 0.05) is 24.0 Å². The smallest absolute Gasteiger partial charge is 0.264 e. The lowest BCUT2D eigenvalue weighted by Gasteiger charge is -2.34. The topological polar surface area (TPSA) is 86.8 Å². The number of anilines is 1. The van der Waals surface area contributed by atoms with Gasteiger partial charge in [-0.05, 0) is 65.4 Å². The molecule has 0 heterocycles. The Morgan fingerprint density at radius 2 is 1.36 bits per heavy atom. The van der Waals surface area contributed by atoms with Gasteiger partial charge >= 0.3 is 0 Å². The van der Waals surface area contributed by atoms with E-state index in [2.05, 4.69) is 21.2 Å². The highest BCUT2D eigenvalue weighted by atomic mass is 79.9. The molecule has 0 aliphatic rings. The molecule has 2 amide bonds. The Hall–Kier alpha value is -3.95. The summed E-state index contributed by atoms with van der Waals surface area (Å²) in [6.07, 6.45) is 1.06. The molecule has 9 heteroatoms. The molecule has 4 aromatic rings. The standard InChI is InChI=1S/C36H40BrN3O4S/c1-4-28-17-21-32(22-18-28)40(45(43,44)33-13-9-6-10-14-33)26-35(41)39(25-30-15-19-31(37)20-16-30)34(36(42)38-24-27(2)3)23-29-11-7-5-8-12-29/h5-22,27,34H,4,23-26H2,1-3H3,(H,38,42). The first kappa shape index (κ1) is 33.9. The van der Waals surface area contributed by atoms with Crippen molar-refractivity contribution in [2.45, 2.75) is 51.1 Å². The Morgan fingerprint density at radius 3 is 1.93 bits per heavy atom. The lowest BCUT2D eigenvalue weighted by atomic mass is 10.0. The Balaban J connectivity index is 1.78. The Morgan fingerprint density at radius 1 is 0.778 bits per heavy atom. The number of carbonyl (C=O) groups is 2. The maximum atomic E-state index is 14.5. The van der Waals surface area contributed by atoms with Crippen molar-refractivity contribution in [1.82, 2.24) is 10.2 Å². The van der Waals surface area contributed by atoms with E-state index in [-0.39, 0.29) is 29.7 Å². The molecule has 4 aromatic carbocycles. The molecule has 0 aromatic heterocycles. The first-order valence-corrected chi connectivity index (χ1v) is 17.3. The summed E-state index contributed by atoms with van der Waals surface area (Å²) in [5.41, 5.74) is 3.12.